The lowest BCUT2D eigenvalue weighted by atomic mass is 10.1. The molecule has 1 N–H and O–H groups in total. The third-order valence-electron chi connectivity index (χ3n) is 5.06. The summed E-state index contributed by atoms with van der Waals surface area (Å²) >= 11 is 0. The summed E-state index contributed by atoms with van der Waals surface area (Å²) in [6.07, 6.45) is 14.0. The van der Waals surface area contributed by atoms with Crippen molar-refractivity contribution in [2.75, 3.05) is 5.32 Å². The standard InChI is InChI=1S/C26H20N6O.C3H8/c1-3-18-7-8-25-20(10-18)14-28-26(31-25)30-23-11-19(21-15-29-32(2)16-21)12-24(13-23)33-17-22-6-4-5-9-27-22;1-3-2/h1,4-16H,17H2,2H3,(H,28,30,31);3H2,1-2H3. The zero-order chi connectivity index (χ0) is 25.3. The maximum absolute atomic E-state index is 6.05. The van der Waals surface area contributed by atoms with Gasteiger partial charge in [0.15, 0.2) is 0 Å². The van der Waals surface area contributed by atoms with Gasteiger partial charge in [-0.2, -0.15) is 5.10 Å². The van der Waals surface area contributed by atoms with E-state index in [1.165, 1.54) is 6.42 Å². The first kappa shape index (κ1) is 24.4. The largest absolute Gasteiger partial charge is 0.487 e. The Hall–Kier alpha value is -4.70. The molecular formula is C29H28N6O. The van der Waals surface area contributed by atoms with Gasteiger partial charge in [0.1, 0.15) is 12.4 Å². The van der Waals surface area contributed by atoms with E-state index in [0.717, 1.165) is 39.0 Å². The van der Waals surface area contributed by atoms with Crippen LogP contribution in [0.5, 0.6) is 5.75 Å². The highest BCUT2D eigenvalue weighted by Gasteiger charge is 2.09. The summed E-state index contributed by atoms with van der Waals surface area (Å²) < 4.78 is 7.81. The highest BCUT2D eigenvalue weighted by Crippen LogP contribution is 2.30. The highest BCUT2D eigenvalue weighted by molar-refractivity contribution is 5.81. The molecule has 7 heteroatoms. The summed E-state index contributed by atoms with van der Waals surface area (Å²) in [4.78, 5) is 13.4. The molecule has 180 valence electrons. The molecule has 0 saturated heterocycles. The van der Waals surface area contributed by atoms with E-state index >= 15 is 0 Å². The zero-order valence-corrected chi connectivity index (χ0v) is 20.6. The Bertz CT molecular complexity index is 1490. The Morgan fingerprint density at radius 1 is 1.00 bits per heavy atom. The van der Waals surface area contributed by atoms with Crippen molar-refractivity contribution in [3.63, 3.8) is 0 Å². The number of terminal acetylenes is 1. The van der Waals surface area contributed by atoms with Gasteiger partial charge in [0.2, 0.25) is 5.95 Å². The van der Waals surface area contributed by atoms with Crippen LogP contribution >= 0.6 is 0 Å². The first-order valence-electron chi connectivity index (χ1n) is 11.7. The minimum Gasteiger partial charge on any atom is -0.487 e. The number of rotatable bonds is 6. The van der Waals surface area contributed by atoms with Gasteiger partial charge >= 0.3 is 0 Å². The Balaban J connectivity index is 0.000000967. The third kappa shape index (κ3) is 6.24. The van der Waals surface area contributed by atoms with Crippen LogP contribution in [-0.2, 0) is 13.7 Å². The number of pyridine rings is 1. The number of hydrogen-bond acceptors (Lipinski definition) is 6. The second-order valence-electron chi connectivity index (χ2n) is 8.20. The van der Waals surface area contributed by atoms with Crippen molar-refractivity contribution < 1.29 is 4.74 Å². The molecule has 5 rings (SSSR count). The van der Waals surface area contributed by atoms with Gasteiger partial charge in [0.05, 0.1) is 17.4 Å². The van der Waals surface area contributed by atoms with Gasteiger partial charge in [-0.3, -0.25) is 9.67 Å². The fraction of sp³-hybridized carbons (Fsp3) is 0.172. The van der Waals surface area contributed by atoms with E-state index in [2.05, 4.69) is 45.1 Å². The van der Waals surface area contributed by atoms with Crippen LogP contribution in [0.1, 0.15) is 31.5 Å². The van der Waals surface area contributed by atoms with Crippen LogP contribution in [0.4, 0.5) is 11.6 Å². The van der Waals surface area contributed by atoms with Gasteiger partial charge in [-0.05, 0) is 48.0 Å². The number of hydrogen-bond donors (Lipinski definition) is 1. The minimum atomic E-state index is 0.362. The van der Waals surface area contributed by atoms with Gasteiger partial charge in [-0.1, -0.05) is 32.3 Å². The predicted molar refractivity (Wildman–Crippen MR) is 144 cm³/mol. The van der Waals surface area contributed by atoms with Crippen LogP contribution in [0.2, 0.25) is 0 Å². The number of fused-ring (bicyclic) bond motifs is 1. The number of nitrogens with zero attached hydrogens (tertiary/aromatic N) is 5. The molecule has 0 aliphatic heterocycles. The normalized spacial score (nSPS) is 10.3. The molecule has 0 aliphatic rings. The van der Waals surface area contributed by atoms with E-state index in [1.807, 2.05) is 74.0 Å². The molecule has 5 aromatic rings. The van der Waals surface area contributed by atoms with Crippen LogP contribution in [0.3, 0.4) is 0 Å². The molecule has 0 spiro atoms. The average Bonchev–Trinajstić information content (AvgIpc) is 3.34. The van der Waals surface area contributed by atoms with Gasteiger partial charge < -0.3 is 10.1 Å². The summed E-state index contributed by atoms with van der Waals surface area (Å²) in [5, 5.41) is 8.47. The lowest BCUT2D eigenvalue weighted by Gasteiger charge is -2.12. The fourth-order valence-electron chi connectivity index (χ4n) is 3.44. The van der Waals surface area contributed by atoms with Gasteiger partial charge in [0.25, 0.3) is 0 Å². The molecule has 3 heterocycles. The van der Waals surface area contributed by atoms with Crippen LogP contribution in [-0.4, -0.2) is 24.7 Å². The van der Waals surface area contributed by atoms with Gasteiger partial charge in [0, 0.05) is 53.9 Å². The van der Waals surface area contributed by atoms with E-state index in [0.29, 0.717) is 18.3 Å². The van der Waals surface area contributed by atoms with Crippen molar-refractivity contribution in [1.29, 1.82) is 0 Å². The quantitative estimate of drug-likeness (QED) is 0.296. The number of aromatic nitrogens is 5. The van der Waals surface area contributed by atoms with Crippen LogP contribution < -0.4 is 10.1 Å². The Labute approximate surface area is 211 Å². The van der Waals surface area contributed by atoms with Crippen molar-refractivity contribution >= 4 is 22.5 Å². The van der Waals surface area contributed by atoms with Crippen molar-refractivity contribution in [3.8, 4) is 29.2 Å². The molecule has 0 atom stereocenters. The smallest absolute Gasteiger partial charge is 0.227 e. The Morgan fingerprint density at radius 3 is 2.58 bits per heavy atom. The molecule has 0 radical (unpaired) electrons. The molecule has 36 heavy (non-hydrogen) atoms. The molecule has 0 amide bonds. The molecule has 0 fully saturated rings. The number of benzene rings is 2. The molecule has 0 unspecified atom stereocenters. The van der Waals surface area contributed by atoms with E-state index in [4.69, 9.17) is 11.2 Å². The Morgan fingerprint density at radius 2 is 1.86 bits per heavy atom. The molecule has 0 saturated carbocycles. The molecule has 3 aromatic heterocycles. The average molecular weight is 477 g/mol. The SMILES string of the molecule is C#Cc1ccc2nc(Nc3cc(OCc4ccccn4)cc(-c4cnn(C)c4)c3)ncc2c1.CCC. The molecule has 2 aromatic carbocycles. The summed E-state index contributed by atoms with van der Waals surface area (Å²) in [6, 6.07) is 17.3. The van der Waals surface area contributed by atoms with E-state index < -0.39 is 0 Å². The van der Waals surface area contributed by atoms with E-state index in [9.17, 15) is 0 Å². The van der Waals surface area contributed by atoms with Crippen LogP contribution in [0.15, 0.2) is 79.4 Å². The monoisotopic (exact) mass is 476 g/mol. The first-order chi connectivity index (χ1) is 17.6. The predicted octanol–water partition coefficient (Wildman–Crippen LogP) is 6.15. The lowest BCUT2D eigenvalue weighted by molar-refractivity contribution is 0.301. The minimum absolute atomic E-state index is 0.362. The van der Waals surface area contributed by atoms with E-state index in [-0.39, 0.29) is 0 Å². The zero-order valence-electron chi connectivity index (χ0n) is 20.6. The summed E-state index contributed by atoms with van der Waals surface area (Å²) in [5.41, 5.74) is 5.19. The summed E-state index contributed by atoms with van der Waals surface area (Å²) in [6.45, 7) is 4.61. The highest BCUT2D eigenvalue weighted by atomic mass is 16.5. The number of ether oxygens (including phenoxy) is 1. The van der Waals surface area contributed by atoms with Crippen LogP contribution in [0.25, 0.3) is 22.0 Å². The summed E-state index contributed by atoms with van der Waals surface area (Å²) in [7, 11) is 1.89. The maximum atomic E-state index is 6.05. The fourth-order valence-corrected chi connectivity index (χ4v) is 3.44. The molecule has 0 bridgehead atoms. The number of aryl methyl sites for hydroxylation is 1. The number of anilines is 2. The van der Waals surface area contributed by atoms with Crippen molar-refractivity contribution in [2.45, 2.75) is 26.9 Å². The topological polar surface area (TPSA) is 77.8 Å². The molecular weight excluding hydrogens is 448 g/mol. The van der Waals surface area contributed by atoms with Crippen molar-refractivity contribution in [1.82, 2.24) is 24.7 Å². The second-order valence-corrected chi connectivity index (χ2v) is 8.20. The van der Waals surface area contributed by atoms with E-state index in [1.54, 1.807) is 17.1 Å². The van der Waals surface area contributed by atoms with Gasteiger partial charge in [-0.15, -0.1) is 6.42 Å². The Kier molecular flexibility index (Phi) is 7.89. The second kappa shape index (κ2) is 11.6. The molecule has 7 nitrogen and oxygen atoms in total. The first-order valence-corrected chi connectivity index (χ1v) is 11.7. The lowest BCUT2D eigenvalue weighted by Crippen LogP contribution is -2.00. The van der Waals surface area contributed by atoms with Gasteiger partial charge in [-0.25, -0.2) is 9.97 Å². The van der Waals surface area contributed by atoms with Crippen molar-refractivity contribution in [2.24, 2.45) is 7.05 Å². The molecule has 0 aliphatic carbocycles. The van der Waals surface area contributed by atoms with Crippen LogP contribution in [0, 0.1) is 12.3 Å². The number of nitrogens with one attached hydrogen (secondary N) is 1. The third-order valence-corrected chi connectivity index (χ3v) is 5.06. The maximum Gasteiger partial charge on any atom is 0.227 e. The van der Waals surface area contributed by atoms with Crippen molar-refractivity contribution in [3.05, 3.63) is 90.6 Å². The summed E-state index contributed by atoms with van der Waals surface area (Å²) in [5.74, 6) is 3.81.